The maximum absolute atomic E-state index is 2.40. The third-order valence-corrected chi connectivity index (χ3v) is 10.0. The maximum Gasteiger partial charge on any atom is 0.0939 e. The first-order valence-electron chi connectivity index (χ1n) is 9.32. The molecule has 3 aromatic rings. The van der Waals surface area contributed by atoms with Gasteiger partial charge in [0.05, 0.1) is 23.8 Å². The van der Waals surface area contributed by atoms with Crippen molar-refractivity contribution in [3.8, 4) is 0 Å². The first kappa shape index (κ1) is 17.9. The second-order valence-corrected chi connectivity index (χ2v) is 11.0. The van der Waals surface area contributed by atoms with Crippen LogP contribution in [0.1, 0.15) is 18.1 Å². The van der Waals surface area contributed by atoms with E-state index in [0.29, 0.717) is 0 Å². The van der Waals surface area contributed by atoms with E-state index in [9.17, 15) is 0 Å². The topological polar surface area (TPSA) is 0 Å². The molecule has 1 heteroatoms. The molecule has 3 aromatic carbocycles. The van der Waals surface area contributed by atoms with Gasteiger partial charge in [-0.3, -0.25) is 0 Å². The van der Waals surface area contributed by atoms with Crippen LogP contribution in [-0.4, -0.2) is 18.5 Å². The molecule has 0 atom stereocenters. The molecule has 0 aliphatic carbocycles. The Labute approximate surface area is 153 Å². The van der Waals surface area contributed by atoms with E-state index in [-0.39, 0.29) is 0 Å². The fraction of sp³-hybridized carbons (Fsp3) is 0.250. The van der Waals surface area contributed by atoms with E-state index in [2.05, 4.69) is 97.9 Å². The van der Waals surface area contributed by atoms with Crippen molar-refractivity contribution in [3.63, 3.8) is 0 Å². The summed E-state index contributed by atoms with van der Waals surface area (Å²) >= 11 is 0. The molecule has 0 N–H and O–H groups in total. The van der Waals surface area contributed by atoms with Gasteiger partial charge in [0.1, 0.15) is 0 Å². The van der Waals surface area contributed by atoms with Crippen LogP contribution >= 0.6 is 7.26 Å². The summed E-state index contributed by atoms with van der Waals surface area (Å²) < 4.78 is 0. The molecular weight excluding hydrogens is 319 g/mol. The highest BCUT2D eigenvalue weighted by Crippen LogP contribution is 2.57. The number of rotatable bonds is 8. The Morgan fingerprint density at radius 3 is 1.36 bits per heavy atom. The third kappa shape index (κ3) is 4.80. The largest absolute Gasteiger partial charge is 0.0939 e. The number of benzene rings is 3. The maximum atomic E-state index is 2.40. The molecule has 0 nitrogen and oxygen atoms in total. The van der Waals surface area contributed by atoms with Crippen LogP contribution in [0, 0.1) is 0 Å². The number of hydrogen-bond donors (Lipinski definition) is 0. The molecule has 0 saturated heterocycles. The number of aryl methyl sites for hydroxylation is 2. The molecule has 0 unspecified atom stereocenters. The Hall–Kier alpha value is -1.91. The molecule has 0 bridgehead atoms. The molecule has 0 aliphatic rings. The SMILES string of the molecule is CC[P+](CCc1ccccc1)(CCc1ccccc1)c1ccccc1. The summed E-state index contributed by atoms with van der Waals surface area (Å²) in [6.07, 6.45) is 6.28. The lowest BCUT2D eigenvalue weighted by atomic mass is 10.2. The predicted octanol–water partition coefficient (Wildman–Crippen LogP) is 5.83. The van der Waals surface area contributed by atoms with Gasteiger partial charge in [-0.2, -0.15) is 0 Å². The van der Waals surface area contributed by atoms with Gasteiger partial charge in [0.15, 0.2) is 0 Å². The normalized spacial score (nSPS) is 11.4. The second-order valence-electron chi connectivity index (χ2n) is 6.72. The van der Waals surface area contributed by atoms with E-state index in [1.54, 1.807) is 5.30 Å². The Morgan fingerprint density at radius 1 is 0.560 bits per heavy atom. The molecule has 0 radical (unpaired) electrons. The van der Waals surface area contributed by atoms with Gasteiger partial charge in [-0.05, 0) is 30.2 Å². The van der Waals surface area contributed by atoms with E-state index >= 15 is 0 Å². The van der Waals surface area contributed by atoms with Gasteiger partial charge in [-0.25, -0.2) is 0 Å². The average Bonchev–Trinajstić information content (AvgIpc) is 2.71. The fourth-order valence-electron chi connectivity index (χ4n) is 3.59. The van der Waals surface area contributed by atoms with Gasteiger partial charge in [0.2, 0.25) is 0 Å². The molecule has 25 heavy (non-hydrogen) atoms. The zero-order chi connectivity index (χ0) is 17.4. The zero-order valence-corrected chi connectivity index (χ0v) is 16.0. The van der Waals surface area contributed by atoms with Crippen molar-refractivity contribution >= 4 is 12.6 Å². The first-order chi connectivity index (χ1) is 12.3. The van der Waals surface area contributed by atoms with E-state index < -0.39 is 7.26 Å². The summed E-state index contributed by atoms with van der Waals surface area (Å²) in [5.74, 6) is 0. The van der Waals surface area contributed by atoms with E-state index in [4.69, 9.17) is 0 Å². The van der Waals surface area contributed by atoms with Crippen LogP contribution in [0.15, 0.2) is 91.0 Å². The van der Waals surface area contributed by atoms with Crippen LogP contribution in [0.4, 0.5) is 0 Å². The second kappa shape index (κ2) is 8.97. The molecule has 128 valence electrons. The van der Waals surface area contributed by atoms with Crippen LogP contribution in [0.25, 0.3) is 0 Å². The van der Waals surface area contributed by atoms with Gasteiger partial charge in [-0.15, -0.1) is 0 Å². The minimum atomic E-state index is -1.16. The summed E-state index contributed by atoms with van der Waals surface area (Å²) in [5, 5.41) is 1.60. The standard InChI is InChI=1S/C24H28P/c1-2-25(24-16-10-5-11-17-24,20-18-22-12-6-3-7-13-22)21-19-23-14-8-4-9-15-23/h3-17H,2,18-21H2,1H3/q+1. The van der Waals surface area contributed by atoms with E-state index in [0.717, 1.165) is 0 Å². The minimum absolute atomic E-state index is 1.16. The zero-order valence-electron chi connectivity index (χ0n) is 15.1. The lowest BCUT2D eigenvalue weighted by Crippen LogP contribution is -2.21. The van der Waals surface area contributed by atoms with Gasteiger partial charge in [0.25, 0.3) is 0 Å². The first-order valence-corrected chi connectivity index (χ1v) is 11.7. The van der Waals surface area contributed by atoms with Crippen molar-refractivity contribution in [1.82, 2.24) is 0 Å². The van der Waals surface area contributed by atoms with Crippen molar-refractivity contribution in [2.45, 2.75) is 19.8 Å². The lowest BCUT2D eigenvalue weighted by Gasteiger charge is -2.27. The van der Waals surface area contributed by atoms with Gasteiger partial charge in [0, 0.05) is 20.1 Å². The quantitative estimate of drug-likeness (QED) is 0.449. The summed E-state index contributed by atoms with van der Waals surface area (Å²) in [6.45, 7) is 2.40. The average molecular weight is 347 g/mol. The van der Waals surface area contributed by atoms with Gasteiger partial charge < -0.3 is 0 Å². The molecule has 0 amide bonds. The van der Waals surface area contributed by atoms with Crippen LogP contribution in [0.2, 0.25) is 0 Å². The molecule has 0 heterocycles. The van der Waals surface area contributed by atoms with E-state index in [1.165, 1.54) is 42.5 Å². The molecule has 0 aromatic heterocycles. The summed E-state index contributed by atoms with van der Waals surface area (Å²) in [6, 6.07) is 33.2. The summed E-state index contributed by atoms with van der Waals surface area (Å²) in [7, 11) is -1.16. The molecule has 0 fully saturated rings. The smallest absolute Gasteiger partial charge is 0.0622 e. The molecule has 0 spiro atoms. The van der Waals surface area contributed by atoms with Crippen molar-refractivity contribution in [1.29, 1.82) is 0 Å². The Bertz CT molecular complexity index is 691. The predicted molar refractivity (Wildman–Crippen MR) is 114 cm³/mol. The lowest BCUT2D eigenvalue weighted by molar-refractivity contribution is 1.08. The van der Waals surface area contributed by atoms with Crippen molar-refractivity contribution < 1.29 is 0 Å². The number of hydrogen-bond acceptors (Lipinski definition) is 0. The summed E-state index contributed by atoms with van der Waals surface area (Å²) in [4.78, 5) is 0. The molecule has 3 rings (SSSR count). The summed E-state index contributed by atoms with van der Waals surface area (Å²) in [5.41, 5.74) is 2.94. The van der Waals surface area contributed by atoms with Crippen LogP contribution in [0.3, 0.4) is 0 Å². The Morgan fingerprint density at radius 2 is 0.960 bits per heavy atom. The molecular formula is C24H28P+. The van der Waals surface area contributed by atoms with Crippen molar-refractivity contribution in [3.05, 3.63) is 102 Å². The van der Waals surface area contributed by atoms with Crippen LogP contribution in [0.5, 0.6) is 0 Å². The monoisotopic (exact) mass is 347 g/mol. The van der Waals surface area contributed by atoms with Crippen molar-refractivity contribution in [2.24, 2.45) is 0 Å². The highest BCUT2D eigenvalue weighted by Gasteiger charge is 2.37. The fourth-order valence-corrected chi connectivity index (χ4v) is 7.50. The third-order valence-electron chi connectivity index (χ3n) is 5.25. The van der Waals surface area contributed by atoms with Crippen LogP contribution in [-0.2, 0) is 12.8 Å². The van der Waals surface area contributed by atoms with Crippen molar-refractivity contribution in [2.75, 3.05) is 18.5 Å². The van der Waals surface area contributed by atoms with Gasteiger partial charge >= 0.3 is 0 Å². The van der Waals surface area contributed by atoms with Crippen LogP contribution < -0.4 is 5.30 Å². The van der Waals surface area contributed by atoms with E-state index in [1.807, 2.05) is 0 Å². The highest BCUT2D eigenvalue weighted by molar-refractivity contribution is 7.82. The molecule has 0 aliphatic heterocycles. The Kier molecular flexibility index (Phi) is 6.42. The Balaban J connectivity index is 1.81. The minimum Gasteiger partial charge on any atom is -0.0622 e. The molecule has 0 saturated carbocycles. The highest BCUT2D eigenvalue weighted by atomic mass is 31.2. The van der Waals surface area contributed by atoms with Gasteiger partial charge in [-0.1, -0.05) is 78.9 Å².